The summed E-state index contributed by atoms with van der Waals surface area (Å²) >= 11 is 12.2. The third kappa shape index (κ3) is 5.13. The van der Waals surface area contributed by atoms with Gasteiger partial charge in [0, 0.05) is 24.8 Å². The second kappa shape index (κ2) is 9.73. The number of nitrogens with two attached hydrogens (primary N) is 1. The predicted molar refractivity (Wildman–Crippen MR) is 114 cm³/mol. The van der Waals surface area contributed by atoms with Gasteiger partial charge in [-0.2, -0.15) is 5.10 Å². The lowest BCUT2D eigenvalue weighted by atomic mass is 10.1. The Bertz CT molecular complexity index is 941. The topological polar surface area (TPSA) is 72.9 Å². The van der Waals surface area contributed by atoms with E-state index >= 15 is 0 Å². The van der Waals surface area contributed by atoms with E-state index in [0.717, 1.165) is 18.4 Å². The largest absolute Gasteiger partial charge is 0.352 e. The molecule has 3 aromatic rings. The maximum absolute atomic E-state index is 12.8. The summed E-state index contributed by atoms with van der Waals surface area (Å²) in [6.45, 7) is 1.74. The average Bonchev–Trinajstić information content (AvgIpc) is 3.13. The molecule has 1 aromatic heterocycles. The van der Waals surface area contributed by atoms with E-state index in [-0.39, 0.29) is 5.91 Å². The summed E-state index contributed by atoms with van der Waals surface area (Å²) in [6, 6.07) is 15.3. The molecule has 28 heavy (non-hydrogen) atoms. The molecule has 0 aliphatic carbocycles. The number of carbonyl (C=O) groups is 1. The van der Waals surface area contributed by atoms with Crippen molar-refractivity contribution in [2.45, 2.75) is 19.4 Å². The van der Waals surface area contributed by atoms with E-state index in [9.17, 15) is 4.79 Å². The van der Waals surface area contributed by atoms with Crippen LogP contribution in [-0.2, 0) is 13.0 Å². The minimum Gasteiger partial charge on any atom is -0.352 e. The van der Waals surface area contributed by atoms with Gasteiger partial charge in [-0.3, -0.25) is 9.48 Å². The third-order valence-electron chi connectivity index (χ3n) is 4.33. The zero-order chi connectivity index (χ0) is 19.9. The van der Waals surface area contributed by atoms with E-state index < -0.39 is 0 Å². The summed E-state index contributed by atoms with van der Waals surface area (Å²) < 4.78 is 1.75. The molecule has 0 fully saturated rings. The smallest absolute Gasteiger partial charge is 0.255 e. The second-order valence-corrected chi connectivity index (χ2v) is 7.23. The van der Waals surface area contributed by atoms with Crippen molar-refractivity contribution in [2.75, 3.05) is 13.1 Å². The van der Waals surface area contributed by atoms with Crippen LogP contribution in [0.15, 0.2) is 54.7 Å². The number of nitrogens with one attached hydrogen (secondary N) is 1. The van der Waals surface area contributed by atoms with Crippen molar-refractivity contribution in [2.24, 2.45) is 5.73 Å². The van der Waals surface area contributed by atoms with E-state index in [4.69, 9.17) is 28.9 Å². The van der Waals surface area contributed by atoms with Crippen molar-refractivity contribution < 1.29 is 4.79 Å². The van der Waals surface area contributed by atoms with E-state index in [1.165, 1.54) is 5.56 Å². The Kier molecular flexibility index (Phi) is 7.09. The lowest BCUT2D eigenvalue weighted by molar-refractivity contribution is 0.0954. The molecule has 1 heterocycles. The van der Waals surface area contributed by atoms with E-state index in [2.05, 4.69) is 10.4 Å². The molecule has 0 saturated heterocycles. The van der Waals surface area contributed by atoms with Gasteiger partial charge in [0.25, 0.3) is 5.91 Å². The molecular formula is C21H22Cl2N4O. The molecule has 0 radical (unpaired) electrons. The van der Waals surface area contributed by atoms with Gasteiger partial charge in [-0.15, -0.1) is 0 Å². The predicted octanol–water partition coefficient (Wildman–Crippen LogP) is 4.18. The van der Waals surface area contributed by atoms with E-state index in [0.29, 0.717) is 40.9 Å². The minimum atomic E-state index is -0.170. The first kappa shape index (κ1) is 20.4. The van der Waals surface area contributed by atoms with E-state index in [1.807, 2.05) is 36.4 Å². The summed E-state index contributed by atoms with van der Waals surface area (Å²) in [7, 11) is 0. The zero-order valence-electron chi connectivity index (χ0n) is 15.4. The molecule has 0 unspecified atom stereocenters. The number of benzene rings is 2. The highest BCUT2D eigenvalue weighted by Crippen LogP contribution is 2.29. The number of carbonyl (C=O) groups excluding carboxylic acids is 1. The lowest BCUT2D eigenvalue weighted by Crippen LogP contribution is -2.25. The van der Waals surface area contributed by atoms with Gasteiger partial charge in [-0.1, -0.05) is 59.6 Å². The first-order valence-electron chi connectivity index (χ1n) is 9.13. The summed E-state index contributed by atoms with van der Waals surface area (Å²) in [5.74, 6) is -0.170. The van der Waals surface area contributed by atoms with Gasteiger partial charge in [0.05, 0.1) is 15.6 Å². The number of rotatable bonds is 8. The number of hydrogen-bond donors (Lipinski definition) is 2. The standard InChI is InChI=1S/C21H22Cl2N4O/c22-18-8-7-16(13-19(18)23)20-17(14-27(26-20)12-4-10-24)21(28)25-11-9-15-5-2-1-3-6-15/h1-3,5-8,13-14H,4,9-12,24H2,(H,25,28). The van der Waals surface area contributed by atoms with Crippen LogP contribution in [0.1, 0.15) is 22.3 Å². The normalized spacial score (nSPS) is 10.8. The van der Waals surface area contributed by atoms with Crippen molar-refractivity contribution >= 4 is 29.1 Å². The quantitative estimate of drug-likeness (QED) is 0.578. The third-order valence-corrected chi connectivity index (χ3v) is 5.07. The van der Waals surface area contributed by atoms with Crippen LogP contribution in [0.25, 0.3) is 11.3 Å². The Morgan fingerprint density at radius 2 is 1.89 bits per heavy atom. The fraction of sp³-hybridized carbons (Fsp3) is 0.238. The van der Waals surface area contributed by atoms with Gasteiger partial charge in [0.2, 0.25) is 0 Å². The Morgan fingerprint density at radius 3 is 2.61 bits per heavy atom. The molecule has 7 heteroatoms. The summed E-state index contributed by atoms with van der Waals surface area (Å²) in [6.07, 6.45) is 3.29. The van der Waals surface area contributed by atoms with Gasteiger partial charge in [0.15, 0.2) is 0 Å². The molecule has 3 N–H and O–H groups in total. The first-order chi connectivity index (χ1) is 13.6. The van der Waals surface area contributed by atoms with Crippen molar-refractivity contribution in [3.63, 3.8) is 0 Å². The number of hydrogen-bond acceptors (Lipinski definition) is 3. The van der Waals surface area contributed by atoms with Crippen LogP contribution < -0.4 is 11.1 Å². The van der Waals surface area contributed by atoms with Crippen molar-refractivity contribution in [1.29, 1.82) is 0 Å². The number of aromatic nitrogens is 2. The Morgan fingerprint density at radius 1 is 1.11 bits per heavy atom. The Hall–Kier alpha value is -2.34. The number of amides is 1. The molecule has 0 aliphatic rings. The molecule has 0 atom stereocenters. The Balaban J connectivity index is 1.80. The van der Waals surface area contributed by atoms with Crippen molar-refractivity contribution in [3.05, 3.63) is 75.9 Å². The average molecular weight is 417 g/mol. The monoisotopic (exact) mass is 416 g/mol. The number of halogens is 2. The van der Waals surface area contributed by atoms with Crippen LogP contribution in [0.2, 0.25) is 10.0 Å². The van der Waals surface area contributed by atoms with Crippen LogP contribution >= 0.6 is 23.2 Å². The highest BCUT2D eigenvalue weighted by molar-refractivity contribution is 6.42. The number of aryl methyl sites for hydroxylation is 1. The Labute approximate surface area is 174 Å². The van der Waals surface area contributed by atoms with Crippen LogP contribution in [0.4, 0.5) is 0 Å². The molecule has 2 aromatic carbocycles. The molecule has 1 amide bonds. The van der Waals surface area contributed by atoms with Gasteiger partial charge < -0.3 is 11.1 Å². The van der Waals surface area contributed by atoms with E-state index in [1.54, 1.807) is 23.0 Å². The summed E-state index contributed by atoms with van der Waals surface area (Å²) in [5, 5.41) is 8.43. The molecular weight excluding hydrogens is 395 g/mol. The summed E-state index contributed by atoms with van der Waals surface area (Å²) in [4.78, 5) is 12.8. The van der Waals surface area contributed by atoms with Gasteiger partial charge in [-0.25, -0.2) is 0 Å². The maximum Gasteiger partial charge on any atom is 0.255 e. The lowest BCUT2D eigenvalue weighted by Gasteiger charge is -2.06. The zero-order valence-corrected chi connectivity index (χ0v) is 16.9. The van der Waals surface area contributed by atoms with Gasteiger partial charge in [-0.05, 0) is 37.1 Å². The van der Waals surface area contributed by atoms with Crippen LogP contribution in [-0.4, -0.2) is 28.8 Å². The highest BCUT2D eigenvalue weighted by atomic mass is 35.5. The van der Waals surface area contributed by atoms with Crippen LogP contribution in [0, 0.1) is 0 Å². The molecule has 0 saturated carbocycles. The summed E-state index contributed by atoms with van der Waals surface area (Å²) in [5.41, 5.74) is 8.59. The van der Waals surface area contributed by atoms with Gasteiger partial charge >= 0.3 is 0 Å². The first-order valence-corrected chi connectivity index (χ1v) is 9.89. The van der Waals surface area contributed by atoms with Crippen LogP contribution in [0.3, 0.4) is 0 Å². The second-order valence-electron chi connectivity index (χ2n) is 6.42. The maximum atomic E-state index is 12.8. The molecule has 5 nitrogen and oxygen atoms in total. The SMILES string of the molecule is NCCCn1cc(C(=O)NCCc2ccccc2)c(-c2ccc(Cl)c(Cl)c2)n1. The van der Waals surface area contributed by atoms with Crippen molar-refractivity contribution in [3.8, 4) is 11.3 Å². The van der Waals surface area contributed by atoms with Gasteiger partial charge in [0.1, 0.15) is 5.69 Å². The highest BCUT2D eigenvalue weighted by Gasteiger charge is 2.18. The molecule has 3 rings (SSSR count). The molecule has 0 bridgehead atoms. The fourth-order valence-corrected chi connectivity index (χ4v) is 3.17. The molecule has 0 spiro atoms. The molecule has 146 valence electrons. The van der Waals surface area contributed by atoms with Crippen molar-refractivity contribution in [1.82, 2.24) is 15.1 Å². The molecule has 0 aliphatic heterocycles. The fourth-order valence-electron chi connectivity index (χ4n) is 2.87. The van der Waals surface area contributed by atoms with Crippen LogP contribution in [0.5, 0.6) is 0 Å². The number of nitrogens with zero attached hydrogens (tertiary/aromatic N) is 2. The minimum absolute atomic E-state index is 0.170.